The van der Waals surface area contributed by atoms with Crippen molar-refractivity contribution < 1.29 is 14.3 Å². The van der Waals surface area contributed by atoms with Crippen molar-refractivity contribution in [2.45, 2.75) is 33.1 Å². The molecule has 0 saturated heterocycles. The van der Waals surface area contributed by atoms with Crippen molar-refractivity contribution in [3.05, 3.63) is 53.8 Å². The highest BCUT2D eigenvalue weighted by Crippen LogP contribution is 2.12. The molecule has 4 nitrogen and oxygen atoms in total. The zero-order valence-electron chi connectivity index (χ0n) is 11.3. The lowest BCUT2D eigenvalue weighted by atomic mass is 10.2. The van der Waals surface area contributed by atoms with Crippen LogP contribution in [0.2, 0.25) is 0 Å². The summed E-state index contributed by atoms with van der Waals surface area (Å²) in [6.07, 6.45) is 13.2. The zero-order valence-corrected chi connectivity index (χ0v) is 11.3. The average molecular weight is 261 g/mol. The lowest BCUT2D eigenvalue weighted by molar-refractivity contribution is -0.136. The number of hydrogen-bond donors (Lipinski definition) is 1. The number of rotatable bonds is 7. The second kappa shape index (κ2) is 8.08. The molecule has 0 amide bonds. The van der Waals surface area contributed by atoms with Gasteiger partial charge in [-0.05, 0) is 20.3 Å². The van der Waals surface area contributed by atoms with Crippen LogP contribution < -0.4 is 0 Å². The molecule has 0 aliphatic rings. The summed E-state index contributed by atoms with van der Waals surface area (Å²) < 4.78 is 5.42. The van der Waals surface area contributed by atoms with E-state index in [9.17, 15) is 4.79 Å². The van der Waals surface area contributed by atoms with E-state index in [2.05, 4.69) is 4.98 Å². The average Bonchev–Trinajstić information content (AvgIpc) is 2.68. The normalized spacial score (nSPS) is 12.1. The molecule has 0 aliphatic heterocycles. The van der Waals surface area contributed by atoms with Crippen molar-refractivity contribution in [1.82, 2.24) is 4.98 Å². The molecule has 0 atom stereocenters. The monoisotopic (exact) mass is 261 g/mol. The third-order valence-electron chi connectivity index (χ3n) is 2.44. The number of aliphatic carboxylic acids is 1. The highest BCUT2D eigenvalue weighted by molar-refractivity contribution is 5.69. The molecule has 102 valence electrons. The van der Waals surface area contributed by atoms with Gasteiger partial charge in [0.25, 0.3) is 0 Å². The quantitative estimate of drug-likeness (QED) is 0.765. The SMILES string of the molecule is C\C=C/C=C\C=C\CCc1nc(CC(=O)O)c(C)o1. The van der Waals surface area contributed by atoms with Gasteiger partial charge in [-0.1, -0.05) is 36.5 Å². The Hall–Kier alpha value is -2.10. The molecule has 0 aliphatic carbocycles. The smallest absolute Gasteiger partial charge is 0.309 e. The fourth-order valence-corrected chi connectivity index (χ4v) is 1.52. The van der Waals surface area contributed by atoms with Gasteiger partial charge in [0.05, 0.1) is 12.1 Å². The van der Waals surface area contributed by atoms with Crippen molar-refractivity contribution in [2.75, 3.05) is 0 Å². The minimum atomic E-state index is -0.892. The van der Waals surface area contributed by atoms with Crippen LogP contribution in [0.15, 0.2) is 40.9 Å². The van der Waals surface area contributed by atoms with Gasteiger partial charge >= 0.3 is 5.97 Å². The van der Waals surface area contributed by atoms with Gasteiger partial charge in [-0.25, -0.2) is 4.98 Å². The topological polar surface area (TPSA) is 63.3 Å². The Morgan fingerprint density at radius 3 is 2.74 bits per heavy atom. The molecule has 0 spiro atoms. The second-order valence-electron chi connectivity index (χ2n) is 4.06. The highest BCUT2D eigenvalue weighted by Gasteiger charge is 2.11. The molecule has 0 aromatic carbocycles. The molecule has 4 heteroatoms. The summed E-state index contributed by atoms with van der Waals surface area (Å²) in [7, 11) is 0. The number of aromatic nitrogens is 1. The molecule has 19 heavy (non-hydrogen) atoms. The van der Waals surface area contributed by atoms with Crippen molar-refractivity contribution in [3.8, 4) is 0 Å². The van der Waals surface area contributed by atoms with Crippen molar-refractivity contribution in [3.63, 3.8) is 0 Å². The lowest BCUT2D eigenvalue weighted by Crippen LogP contribution is -2.01. The minimum absolute atomic E-state index is 0.0860. The fourth-order valence-electron chi connectivity index (χ4n) is 1.52. The van der Waals surface area contributed by atoms with E-state index in [0.29, 0.717) is 23.8 Å². The van der Waals surface area contributed by atoms with Gasteiger partial charge in [0.2, 0.25) is 0 Å². The minimum Gasteiger partial charge on any atom is -0.481 e. The molecule has 0 radical (unpaired) electrons. The van der Waals surface area contributed by atoms with Gasteiger partial charge in [-0.2, -0.15) is 0 Å². The molecule has 1 heterocycles. The van der Waals surface area contributed by atoms with Crippen LogP contribution in [0.5, 0.6) is 0 Å². The van der Waals surface area contributed by atoms with E-state index in [1.54, 1.807) is 6.92 Å². The summed E-state index contributed by atoms with van der Waals surface area (Å²) >= 11 is 0. The highest BCUT2D eigenvalue weighted by atomic mass is 16.4. The number of carboxylic acids is 1. The van der Waals surface area contributed by atoms with Crippen LogP contribution in [-0.2, 0) is 17.6 Å². The van der Waals surface area contributed by atoms with E-state index in [1.165, 1.54) is 0 Å². The molecule has 1 aromatic heterocycles. The van der Waals surface area contributed by atoms with Crippen LogP contribution in [0.3, 0.4) is 0 Å². The summed E-state index contributed by atoms with van der Waals surface area (Å²) in [4.78, 5) is 14.8. The number of carbonyl (C=O) groups is 1. The summed E-state index contributed by atoms with van der Waals surface area (Å²) in [5, 5.41) is 8.71. The number of allylic oxidation sites excluding steroid dienone is 6. The number of carboxylic acid groups (broad SMARTS) is 1. The predicted molar refractivity (Wildman–Crippen MR) is 74.0 cm³/mol. The number of aryl methyl sites for hydroxylation is 2. The second-order valence-corrected chi connectivity index (χ2v) is 4.06. The van der Waals surface area contributed by atoms with Crippen LogP contribution in [0.25, 0.3) is 0 Å². The molecule has 1 rings (SSSR count). The van der Waals surface area contributed by atoms with E-state index >= 15 is 0 Å². The zero-order chi connectivity index (χ0) is 14.1. The first-order valence-corrected chi connectivity index (χ1v) is 6.25. The van der Waals surface area contributed by atoms with Crippen molar-refractivity contribution in [1.29, 1.82) is 0 Å². The number of nitrogens with zero attached hydrogens (tertiary/aromatic N) is 1. The van der Waals surface area contributed by atoms with Crippen molar-refractivity contribution >= 4 is 5.97 Å². The maximum absolute atomic E-state index is 10.6. The third-order valence-corrected chi connectivity index (χ3v) is 2.44. The first-order valence-electron chi connectivity index (χ1n) is 6.25. The van der Waals surface area contributed by atoms with Crippen LogP contribution in [0, 0.1) is 6.92 Å². The van der Waals surface area contributed by atoms with Crippen LogP contribution in [0.1, 0.15) is 30.7 Å². The van der Waals surface area contributed by atoms with E-state index in [4.69, 9.17) is 9.52 Å². The largest absolute Gasteiger partial charge is 0.481 e. The Labute approximate surface area is 113 Å². The van der Waals surface area contributed by atoms with E-state index in [1.807, 2.05) is 43.4 Å². The Morgan fingerprint density at radius 2 is 2.05 bits per heavy atom. The Kier molecular flexibility index (Phi) is 6.36. The molecule has 1 aromatic rings. The molecular weight excluding hydrogens is 242 g/mol. The van der Waals surface area contributed by atoms with E-state index in [-0.39, 0.29) is 6.42 Å². The van der Waals surface area contributed by atoms with E-state index < -0.39 is 5.97 Å². The van der Waals surface area contributed by atoms with Crippen molar-refractivity contribution in [2.24, 2.45) is 0 Å². The van der Waals surface area contributed by atoms with Crippen LogP contribution in [0.4, 0.5) is 0 Å². The fraction of sp³-hybridized carbons (Fsp3) is 0.333. The summed E-state index contributed by atoms with van der Waals surface area (Å²) in [5.74, 6) is 0.294. The van der Waals surface area contributed by atoms with Gasteiger partial charge in [0, 0.05) is 6.42 Å². The number of oxazole rings is 1. The van der Waals surface area contributed by atoms with E-state index in [0.717, 1.165) is 6.42 Å². The Bertz CT molecular complexity index is 495. The summed E-state index contributed by atoms with van der Waals surface area (Å²) in [5.41, 5.74) is 0.513. The standard InChI is InChI=1S/C15H19NO3/c1-3-4-5-6-7-8-9-10-14-16-13(11-15(17)18)12(2)19-14/h3-8H,9-11H2,1-2H3,(H,17,18)/b4-3-,6-5-,8-7+. The third kappa shape index (κ3) is 5.86. The molecule has 0 saturated carbocycles. The van der Waals surface area contributed by atoms with Gasteiger partial charge in [0.1, 0.15) is 5.76 Å². The van der Waals surface area contributed by atoms with Gasteiger partial charge in [0.15, 0.2) is 5.89 Å². The molecule has 0 unspecified atom stereocenters. The summed E-state index contributed by atoms with van der Waals surface area (Å²) in [6, 6.07) is 0. The Morgan fingerprint density at radius 1 is 1.32 bits per heavy atom. The maximum Gasteiger partial charge on any atom is 0.309 e. The van der Waals surface area contributed by atoms with Gasteiger partial charge < -0.3 is 9.52 Å². The lowest BCUT2D eigenvalue weighted by Gasteiger charge is -1.88. The maximum atomic E-state index is 10.6. The first-order chi connectivity index (χ1) is 9.13. The number of hydrogen-bond acceptors (Lipinski definition) is 3. The van der Waals surface area contributed by atoms with Crippen LogP contribution >= 0.6 is 0 Å². The first kappa shape index (κ1) is 15.0. The van der Waals surface area contributed by atoms with Gasteiger partial charge in [-0.15, -0.1) is 0 Å². The summed E-state index contributed by atoms with van der Waals surface area (Å²) in [6.45, 7) is 3.71. The molecule has 1 N–H and O–H groups in total. The Balaban J connectivity index is 2.43. The van der Waals surface area contributed by atoms with Crippen LogP contribution in [-0.4, -0.2) is 16.1 Å². The van der Waals surface area contributed by atoms with Gasteiger partial charge in [-0.3, -0.25) is 4.79 Å². The molecule has 0 bridgehead atoms. The predicted octanol–water partition coefficient (Wildman–Crippen LogP) is 3.23. The molecule has 0 fully saturated rings. The molecular formula is C15H19NO3.